The fourth-order valence-electron chi connectivity index (χ4n) is 2.46. The Morgan fingerprint density at radius 1 is 1.43 bits per heavy atom. The van der Waals surface area contributed by atoms with E-state index in [0.29, 0.717) is 29.5 Å². The number of ether oxygens (including phenoxy) is 1. The van der Waals surface area contributed by atoms with Crippen molar-refractivity contribution in [2.75, 3.05) is 11.4 Å². The maximum absolute atomic E-state index is 11.9. The summed E-state index contributed by atoms with van der Waals surface area (Å²) < 4.78 is 5.96. The number of hydrogen-bond acceptors (Lipinski definition) is 4. The van der Waals surface area contributed by atoms with Gasteiger partial charge in [-0.25, -0.2) is 0 Å². The molecule has 0 radical (unpaired) electrons. The number of fused-ring (bicyclic) bond motifs is 1. The van der Waals surface area contributed by atoms with Gasteiger partial charge in [-0.05, 0) is 30.5 Å². The third-order valence-corrected chi connectivity index (χ3v) is 3.88. The summed E-state index contributed by atoms with van der Waals surface area (Å²) in [5.41, 5.74) is 7.14. The molecule has 3 unspecified atom stereocenters. The van der Waals surface area contributed by atoms with Gasteiger partial charge in [0.15, 0.2) is 0 Å². The second kappa shape index (κ2) is 6.03. The Morgan fingerprint density at radius 2 is 2.10 bits per heavy atom. The van der Waals surface area contributed by atoms with Crippen LogP contribution in [0.15, 0.2) is 18.2 Å². The predicted molar refractivity (Wildman–Crippen MR) is 82.3 cm³/mol. The van der Waals surface area contributed by atoms with Crippen LogP contribution in [0.3, 0.4) is 0 Å². The monoisotopic (exact) mass is 292 g/mol. The first kappa shape index (κ1) is 15.8. The Morgan fingerprint density at radius 3 is 2.62 bits per heavy atom. The molecule has 21 heavy (non-hydrogen) atoms. The number of hydrogen-bond donors (Lipinski definition) is 2. The minimum Gasteiger partial charge on any atom is -0.486 e. The van der Waals surface area contributed by atoms with Gasteiger partial charge >= 0.3 is 0 Å². The van der Waals surface area contributed by atoms with Gasteiger partial charge in [-0.15, -0.1) is 0 Å². The van der Waals surface area contributed by atoms with Crippen molar-refractivity contribution in [2.24, 2.45) is 11.7 Å². The molecule has 1 aliphatic heterocycles. The molecule has 1 heterocycles. The molecule has 1 aliphatic rings. The molecule has 2 rings (SSSR count). The summed E-state index contributed by atoms with van der Waals surface area (Å²) in [5.74, 6) is 0.961. The topological polar surface area (TPSA) is 75.8 Å². The molecular weight excluding hydrogens is 268 g/mol. The lowest BCUT2D eigenvalue weighted by atomic mass is 10.00. The molecule has 3 atom stereocenters. The molecule has 0 fully saturated rings. The molecule has 0 bridgehead atoms. The van der Waals surface area contributed by atoms with Crippen molar-refractivity contribution in [3.8, 4) is 5.75 Å². The fourth-order valence-corrected chi connectivity index (χ4v) is 2.46. The van der Waals surface area contributed by atoms with E-state index in [4.69, 9.17) is 10.5 Å². The van der Waals surface area contributed by atoms with E-state index in [1.165, 1.54) is 0 Å². The van der Waals surface area contributed by atoms with Crippen LogP contribution in [0.5, 0.6) is 5.75 Å². The highest BCUT2D eigenvalue weighted by molar-refractivity contribution is 5.93. The van der Waals surface area contributed by atoms with Crippen LogP contribution in [-0.2, 0) is 4.79 Å². The zero-order valence-electron chi connectivity index (χ0n) is 13.0. The van der Waals surface area contributed by atoms with Gasteiger partial charge in [0.05, 0.1) is 18.3 Å². The number of aliphatic hydroxyl groups excluding tert-OH is 1. The number of rotatable bonds is 3. The Bertz CT molecular complexity index is 528. The van der Waals surface area contributed by atoms with Gasteiger partial charge in [0, 0.05) is 13.0 Å². The molecule has 0 spiro atoms. The maximum atomic E-state index is 11.9. The molecule has 0 saturated heterocycles. The van der Waals surface area contributed by atoms with E-state index < -0.39 is 6.10 Å². The molecule has 1 aromatic carbocycles. The summed E-state index contributed by atoms with van der Waals surface area (Å²) in [4.78, 5) is 13.6. The maximum Gasteiger partial charge on any atom is 0.224 e. The lowest BCUT2D eigenvalue weighted by molar-refractivity contribution is -0.117. The van der Waals surface area contributed by atoms with E-state index in [9.17, 15) is 9.90 Å². The van der Waals surface area contributed by atoms with E-state index in [1.54, 1.807) is 36.9 Å². The Hall–Kier alpha value is -1.59. The van der Waals surface area contributed by atoms with Gasteiger partial charge in [-0.1, -0.05) is 19.9 Å². The van der Waals surface area contributed by atoms with Gasteiger partial charge < -0.3 is 20.5 Å². The van der Waals surface area contributed by atoms with Crippen LogP contribution >= 0.6 is 0 Å². The second-order valence-electron chi connectivity index (χ2n) is 6.06. The van der Waals surface area contributed by atoms with E-state index in [1.807, 2.05) is 0 Å². The number of benzene rings is 1. The van der Waals surface area contributed by atoms with Gasteiger partial charge in [0.1, 0.15) is 11.9 Å². The highest BCUT2D eigenvalue weighted by Gasteiger charge is 2.30. The standard InChI is InChI=1S/C16H24N2O3/c1-9(2)15-8-18(11(4)19)13-7-12(16(20)10(3)17)5-6-14(13)21-15/h5-7,9-10,15-16,20H,8,17H2,1-4H3. The van der Waals surface area contributed by atoms with Crippen molar-refractivity contribution < 1.29 is 14.6 Å². The fraction of sp³-hybridized carbons (Fsp3) is 0.562. The van der Waals surface area contributed by atoms with Crippen molar-refractivity contribution in [1.29, 1.82) is 0 Å². The highest BCUT2D eigenvalue weighted by atomic mass is 16.5. The van der Waals surface area contributed by atoms with Crippen molar-refractivity contribution in [3.63, 3.8) is 0 Å². The van der Waals surface area contributed by atoms with E-state index in [0.717, 1.165) is 0 Å². The van der Waals surface area contributed by atoms with Gasteiger partial charge in [0.2, 0.25) is 5.91 Å². The van der Waals surface area contributed by atoms with Crippen LogP contribution in [-0.4, -0.2) is 29.7 Å². The lowest BCUT2D eigenvalue weighted by Gasteiger charge is -2.36. The summed E-state index contributed by atoms with van der Waals surface area (Å²) in [6, 6.07) is 5.03. The summed E-state index contributed by atoms with van der Waals surface area (Å²) in [6.45, 7) is 7.96. The highest BCUT2D eigenvalue weighted by Crippen LogP contribution is 2.37. The number of aliphatic hydroxyl groups is 1. The first-order chi connectivity index (χ1) is 9.81. The molecule has 116 valence electrons. The number of carbonyl (C=O) groups is 1. The first-order valence-corrected chi connectivity index (χ1v) is 7.33. The Balaban J connectivity index is 2.41. The zero-order valence-corrected chi connectivity index (χ0v) is 13.0. The minimum absolute atomic E-state index is 0.0226. The molecule has 1 aromatic rings. The van der Waals surface area contributed by atoms with Crippen molar-refractivity contribution in [2.45, 2.75) is 45.9 Å². The molecule has 1 amide bonds. The van der Waals surface area contributed by atoms with Crippen LogP contribution in [0.25, 0.3) is 0 Å². The molecular formula is C16H24N2O3. The number of amides is 1. The molecule has 5 nitrogen and oxygen atoms in total. The third kappa shape index (κ3) is 3.19. The quantitative estimate of drug-likeness (QED) is 0.891. The van der Waals surface area contributed by atoms with Gasteiger partial charge in [0.25, 0.3) is 0 Å². The number of carbonyl (C=O) groups excluding carboxylic acids is 1. The van der Waals surface area contributed by atoms with Gasteiger partial charge in [-0.2, -0.15) is 0 Å². The minimum atomic E-state index is -0.757. The predicted octanol–water partition coefficient (Wildman–Crippen LogP) is 1.84. The summed E-state index contributed by atoms with van der Waals surface area (Å²) >= 11 is 0. The first-order valence-electron chi connectivity index (χ1n) is 7.33. The normalized spacial score (nSPS) is 20.7. The smallest absolute Gasteiger partial charge is 0.224 e. The van der Waals surface area contributed by atoms with Crippen molar-refractivity contribution in [3.05, 3.63) is 23.8 Å². The molecule has 3 N–H and O–H groups in total. The summed E-state index contributed by atoms with van der Waals surface area (Å²) in [7, 11) is 0. The van der Waals surface area contributed by atoms with E-state index in [-0.39, 0.29) is 18.1 Å². The second-order valence-corrected chi connectivity index (χ2v) is 6.06. The SMILES string of the molecule is CC(=O)N1CC(C(C)C)Oc2ccc(C(O)C(C)N)cc21. The lowest BCUT2D eigenvalue weighted by Crippen LogP contribution is -2.45. The van der Waals surface area contributed by atoms with Crippen LogP contribution in [0.2, 0.25) is 0 Å². The molecule has 0 aromatic heterocycles. The van der Waals surface area contributed by atoms with Crippen LogP contribution in [0.1, 0.15) is 39.4 Å². The van der Waals surface area contributed by atoms with E-state index in [2.05, 4.69) is 13.8 Å². The number of nitrogens with two attached hydrogens (primary N) is 1. The molecule has 0 aliphatic carbocycles. The summed E-state index contributed by atoms with van der Waals surface area (Å²) in [6.07, 6.45) is -0.780. The van der Waals surface area contributed by atoms with Crippen LogP contribution in [0, 0.1) is 5.92 Å². The van der Waals surface area contributed by atoms with Gasteiger partial charge in [-0.3, -0.25) is 4.79 Å². The van der Waals surface area contributed by atoms with E-state index >= 15 is 0 Å². The third-order valence-electron chi connectivity index (χ3n) is 3.88. The Labute approximate surface area is 125 Å². The summed E-state index contributed by atoms with van der Waals surface area (Å²) in [5, 5.41) is 10.1. The van der Waals surface area contributed by atoms with Crippen LogP contribution < -0.4 is 15.4 Å². The van der Waals surface area contributed by atoms with Crippen molar-refractivity contribution >= 4 is 11.6 Å². The average Bonchev–Trinajstić information content (AvgIpc) is 2.44. The largest absolute Gasteiger partial charge is 0.486 e. The van der Waals surface area contributed by atoms with Crippen molar-refractivity contribution in [1.82, 2.24) is 0 Å². The molecule has 0 saturated carbocycles. The van der Waals surface area contributed by atoms with Crippen LogP contribution in [0.4, 0.5) is 5.69 Å². The Kier molecular flexibility index (Phi) is 4.54. The molecule has 5 heteroatoms. The average molecular weight is 292 g/mol. The number of anilines is 1. The zero-order chi connectivity index (χ0) is 15.7. The number of nitrogens with zero attached hydrogens (tertiary/aromatic N) is 1.